The van der Waals surface area contributed by atoms with Crippen LogP contribution in [0.15, 0.2) is 47.4 Å². The van der Waals surface area contributed by atoms with Gasteiger partial charge in [-0.15, -0.1) is 11.8 Å². The smallest absolute Gasteiger partial charge is 0.342 e. The minimum atomic E-state index is -0.806. The Balaban J connectivity index is 1.97. The van der Waals surface area contributed by atoms with Gasteiger partial charge in [-0.3, -0.25) is 4.79 Å². The molecule has 126 valence electrons. The summed E-state index contributed by atoms with van der Waals surface area (Å²) in [5, 5.41) is 12.4. The predicted molar refractivity (Wildman–Crippen MR) is 91.8 cm³/mol. The number of amides is 1. The molecule has 24 heavy (non-hydrogen) atoms. The number of thioether (sulfide) groups is 1. The third kappa shape index (κ3) is 4.42. The lowest BCUT2D eigenvalue weighted by Crippen LogP contribution is -2.21. The van der Waals surface area contributed by atoms with Gasteiger partial charge in [0.25, 0.3) is 5.91 Å². The summed E-state index contributed by atoms with van der Waals surface area (Å²) >= 11 is 1.50. The van der Waals surface area contributed by atoms with Crippen LogP contribution in [0.25, 0.3) is 0 Å². The molecule has 0 aliphatic rings. The second-order valence-electron chi connectivity index (χ2n) is 4.71. The number of carbonyl (C=O) groups is 2. The van der Waals surface area contributed by atoms with Crippen LogP contribution in [0.1, 0.15) is 10.4 Å². The van der Waals surface area contributed by atoms with E-state index in [0.29, 0.717) is 11.4 Å². The van der Waals surface area contributed by atoms with Gasteiger partial charge in [0.2, 0.25) is 0 Å². The van der Waals surface area contributed by atoms with E-state index in [1.54, 1.807) is 12.1 Å². The van der Waals surface area contributed by atoms with E-state index in [4.69, 9.17) is 9.47 Å². The van der Waals surface area contributed by atoms with Gasteiger partial charge in [-0.25, -0.2) is 4.79 Å². The molecular formula is C17H17NO5S. The fourth-order valence-electron chi connectivity index (χ4n) is 1.95. The first-order chi connectivity index (χ1) is 11.5. The molecule has 2 aromatic carbocycles. The van der Waals surface area contributed by atoms with E-state index >= 15 is 0 Å². The van der Waals surface area contributed by atoms with Gasteiger partial charge in [0, 0.05) is 4.90 Å². The number of benzene rings is 2. The summed E-state index contributed by atoms with van der Waals surface area (Å²) in [6, 6.07) is 11.5. The molecule has 0 aliphatic heterocycles. The molecule has 0 atom stereocenters. The van der Waals surface area contributed by atoms with Crippen LogP contribution < -0.4 is 10.1 Å². The van der Waals surface area contributed by atoms with Crippen molar-refractivity contribution < 1.29 is 24.2 Å². The van der Waals surface area contributed by atoms with Gasteiger partial charge in [0.15, 0.2) is 6.61 Å². The number of phenolic OH excluding ortho intramolecular Hbond substituents is 1. The number of anilines is 1. The van der Waals surface area contributed by atoms with E-state index in [0.717, 1.165) is 4.90 Å². The normalized spacial score (nSPS) is 10.1. The van der Waals surface area contributed by atoms with Gasteiger partial charge in [-0.1, -0.05) is 12.1 Å². The number of aromatic hydroxyl groups is 1. The average molecular weight is 347 g/mol. The molecule has 0 bridgehead atoms. The second-order valence-corrected chi connectivity index (χ2v) is 5.56. The number of hydrogen-bond acceptors (Lipinski definition) is 6. The number of phenols is 1. The van der Waals surface area contributed by atoms with Crippen LogP contribution in [0.5, 0.6) is 11.5 Å². The molecule has 0 unspecified atom stereocenters. The highest BCUT2D eigenvalue weighted by Gasteiger charge is 2.16. The van der Waals surface area contributed by atoms with Crippen molar-refractivity contribution in [3.8, 4) is 11.5 Å². The molecule has 7 heteroatoms. The van der Waals surface area contributed by atoms with Gasteiger partial charge >= 0.3 is 5.97 Å². The first-order valence-electron chi connectivity index (χ1n) is 7.02. The highest BCUT2D eigenvalue weighted by atomic mass is 32.2. The van der Waals surface area contributed by atoms with Gasteiger partial charge in [-0.2, -0.15) is 0 Å². The van der Waals surface area contributed by atoms with E-state index < -0.39 is 18.5 Å². The van der Waals surface area contributed by atoms with Crippen molar-refractivity contribution in [1.82, 2.24) is 0 Å². The van der Waals surface area contributed by atoms with Crippen LogP contribution >= 0.6 is 11.8 Å². The molecule has 0 radical (unpaired) electrons. The molecule has 2 N–H and O–H groups in total. The molecular weight excluding hydrogens is 330 g/mol. The minimum absolute atomic E-state index is 0.0633. The van der Waals surface area contributed by atoms with Crippen LogP contribution in [0.2, 0.25) is 0 Å². The van der Waals surface area contributed by atoms with Crippen LogP contribution in [0, 0.1) is 0 Å². The average Bonchev–Trinajstić information content (AvgIpc) is 2.60. The van der Waals surface area contributed by atoms with E-state index in [-0.39, 0.29) is 11.3 Å². The largest absolute Gasteiger partial charge is 0.507 e. The number of rotatable bonds is 6. The molecule has 1 amide bonds. The molecule has 0 heterocycles. The number of para-hydroxylation sites is 1. The maximum Gasteiger partial charge on any atom is 0.342 e. The Labute approximate surface area is 143 Å². The summed E-state index contributed by atoms with van der Waals surface area (Å²) in [7, 11) is 1.44. The number of nitrogens with one attached hydrogen (secondary N) is 1. The fourth-order valence-corrected chi connectivity index (χ4v) is 2.50. The zero-order chi connectivity index (χ0) is 17.5. The standard InChI is InChI=1S/C17H17NO5S/c1-22-11-7-8-14(19)12(9-11)17(21)23-10-16(20)18-13-5-3-4-6-15(13)24-2/h3-9,19H,10H2,1-2H3,(H,18,20). The topological polar surface area (TPSA) is 84.9 Å². The molecule has 6 nitrogen and oxygen atoms in total. The Bertz CT molecular complexity index is 748. The SMILES string of the molecule is COc1ccc(O)c(C(=O)OCC(=O)Nc2ccccc2SC)c1. The van der Waals surface area contributed by atoms with Gasteiger partial charge in [0.05, 0.1) is 12.8 Å². The van der Waals surface area contributed by atoms with Crippen molar-refractivity contribution in [2.75, 3.05) is 25.3 Å². The zero-order valence-electron chi connectivity index (χ0n) is 13.2. The summed E-state index contributed by atoms with van der Waals surface area (Å²) in [5.41, 5.74) is 0.585. The molecule has 0 saturated carbocycles. The lowest BCUT2D eigenvalue weighted by Gasteiger charge is -2.10. The number of methoxy groups -OCH3 is 1. The molecule has 0 aliphatic carbocycles. The van der Waals surface area contributed by atoms with E-state index in [1.807, 2.05) is 18.4 Å². The molecule has 0 saturated heterocycles. The van der Waals surface area contributed by atoms with Crippen molar-refractivity contribution in [3.63, 3.8) is 0 Å². The summed E-state index contributed by atoms with van der Waals surface area (Å²) in [6.07, 6.45) is 1.90. The van der Waals surface area contributed by atoms with Crippen molar-refractivity contribution in [1.29, 1.82) is 0 Å². The summed E-state index contributed by atoms with van der Waals surface area (Å²) < 4.78 is 9.93. The van der Waals surface area contributed by atoms with Gasteiger partial charge in [-0.05, 0) is 36.6 Å². The van der Waals surface area contributed by atoms with Crippen molar-refractivity contribution >= 4 is 29.3 Å². The Hall–Kier alpha value is -2.67. The predicted octanol–water partition coefficient (Wildman–Crippen LogP) is 2.92. The highest BCUT2D eigenvalue weighted by molar-refractivity contribution is 7.98. The maximum absolute atomic E-state index is 12.0. The van der Waals surface area contributed by atoms with Crippen LogP contribution in [0.4, 0.5) is 5.69 Å². The molecule has 2 rings (SSSR count). The van der Waals surface area contributed by atoms with Crippen LogP contribution in [0.3, 0.4) is 0 Å². The molecule has 2 aromatic rings. The summed E-state index contributed by atoms with van der Waals surface area (Å²) in [4.78, 5) is 24.8. The molecule has 0 aromatic heterocycles. The van der Waals surface area contributed by atoms with Crippen molar-refractivity contribution in [2.45, 2.75) is 4.90 Å². The van der Waals surface area contributed by atoms with Crippen molar-refractivity contribution in [2.24, 2.45) is 0 Å². The molecule has 0 fully saturated rings. The summed E-state index contributed by atoms with van der Waals surface area (Å²) in [5.74, 6) is -1.11. The zero-order valence-corrected chi connectivity index (χ0v) is 14.1. The second kappa shape index (κ2) is 8.26. The van der Waals surface area contributed by atoms with Crippen LogP contribution in [-0.4, -0.2) is 37.0 Å². The lowest BCUT2D eigenvalue weighted by molar-refractivity contribution is -0.119. The van der Waals surface area contributed by atoms with Gasteiger partial charge < -0.3 is 19.9 Å². The summed E-state index contributed by atoms with van der Waals surface area (Å²) in [6.45, 7) is -0.460. The first kappa shape index (κ1) is 17.7. The molecule has 0 spiro atoms. The third-order valence-electron chi connectivity index (χ3n) is 3.14. The van der Waals surface area contributed by atoms with Gasteiger partial charge in [0.1, 0.15) is 17.1 Å². The monoisotopic (exact) mass is 347 g/mol. The quantitative estimate of drug-likeness (QED) is 0.617. The Kier molecular flexibility index (Phi) is 6.08. The number of esters is 1. The highest BCUT2D eigenvalue weighted by Crippen LogP contribution is 2.25. The Morgan fingerprint density at radius 2 is 1.96 bits per heavy atom. The number of carbonyl (C=O) groups excluding carboxylic acids is 2. The Morgan fingerprint density at radius 1 is 1.21 bits per heavy atom. The third-order valence-corrected chi connectivity index (χ3v) is 3.93. The maximum atomic E-state index is 12.0. The van der Waals surface area contributed by atoms with E-state index in [2.05, 4.69) is 5.32 Å². The number of hydrogen-bond donors (Lipinski definition) is 2. The first-order valence-corrected chi connectivity index (χ1v) is 8.24. The van der Waals surface area contributed by atoms with Crippen LogP contribution in [-0.2, 0) is 9.53 Å². The number of ether oxygens (including phenoxy) is 2. The van der Waals surface area contributed by atoms with E-state index in [1.165, 1.54) is 37.1 Å². The lowest BCUT2D eigenvalue weighted by atomic mass is 10.2. The van der Waals surface area contributed by atoms with E-state index in [9.17, 15) is 14.7 Å². The van der Waals surface area contributed by atoms with Crippen molar-refractivity contribution in [3.05, 3.63) is 48.0 Å². The fraction of sp³-hybridized carbons (Fsp3) is 0.176. The minimum Gasteiger partial charge on any atom is -0.507 e. The Morgan fingerprint density at radius 3 is 2.67 bits per heavy atom.